The summed E-state index contributed by atoms with van der Waals surface area (Å²) in [5.74, 6) is -1.32. The molecule has 0 unspecified atom stereocenters. The predicted molar refractivity (Wildman–Crippen MR) is 137 cm³/mol. The third-order valence-electron chi connectivity index (χ3n) is 6.98. The number of aromatic amines is 1. The second kappa shape index (κ2) is 10.0. The lowest BCUT2D eigenvalue weighted by Crippen LogP contribution is -2.51. The van der Waals surface area contributed by atoms with E-state index in [0.717, 1.165) is 35.9 Å². The van der Waals surface area contributed by atoms with Crippen LogP contribution in [0.5, 0.6) is 0 Å². The van der Waals surface area contributed by atoms with Crippen LogP contribution in [0.25, 0.3) is 10.9 Å². The first kappa shape index (κ1) is 24.5. The number of aromatic nitrogens is 1. The summed E-state index contributed by atoms with van der Waals surface area (Å²) in [4.78, 5) is 29.8. The van der Waals surface area contributed by atoms with E-state index in [0.29, 0.717) is 12.2 Å². The van der Waals surface area contributed by atoms with Gasteiger partial charge in [0.15, 0.2) is 0 Å². The number of carbonyl (C=O) groups is 2. The fourth-order valence-corrected chi connectivity index (χ4v) is 6.53. The minimum atomic E-state index is -3.81. The number of nitrogens with one attached hydrogen (secondary N) is 4. The average molecular weight is 510 g/mol. The largest absolute Gasteiger partial charge is 0.352 e. The smallest absolute Gasteiger partial charge is 0.268 e. The number of H-pyrrole nitrogens is 1. The van der Waals surface area contributed by atoms with E-state index in [-0.39, 0.29) is 35.8 Å². The molecule has 190 valence electrons. The molecule has 2 aliphatic rings. The molecule has 5 rings (SSSR count). The molecule has 3 heterocycles. The highest BCUT2D eigenvalue weighted by Gasteiger charge is 2.44. The Balaban J connectivity index is 1.38. The van der Waals surface area contributed by atoms with Crippen LogP contribution in [0.3, 0.4) is 0 Å². The van der Waals surface area contributed by atoms with Gasteiger partial charge in [-0.15, -0.1) is 0 Å². The highest BCUT2D eigenvalue weighted by Crippen LogP contribution is 2.26. The highest BCUT2D eigenvalue weighted by atomic mass is 32.2. The minimum Gasteiger partial charge on any atom is -0.352 e. The fraction of sp³-hybridized carbons (Fsp3) is 0.385. The zero-order valence-electron chi connectivity index (χ0n) is 20.2. The molecular formula is C26H31N5O4S. The SMILES string of the molecule is Cc1ccc2[nH]c(C(=O)N[C@H]3CN(S(=O)(=O)c4ccccc4)C[C@@H]3C(=O)N[C@@H]3CCCNC3)cc2c1. The van der Waals surface area contributed by atoms with E-state index in [9.17, 15) is 18.0 Å². The Morgan fingerprint density at radius 3 is 2.58 bits per heavy atom. The van der Waals surface area contributed by atoms with Gasteiger partial charge in [0.2, 0.25) is 15.9 Å². The molecule has 1 aromatic heterocycles. The molecule has 2 aliphatic heterocycles. The number of carbonyl (C=O) groups excluding carboxylic acids is 2. The molecule has 2 fully saturated rings. The molecule has 0 spiro atoms. The van der Waals surface area contributed by atoms with E-state index in [2.05, 4.69) is 20.9 Å². The number of rotatable bonds is 6. The van der Waals surface area contributed by atoms with Crippen molar-refractivity contribution >= 4 is 32.7 Å². The minimum absolute atomic E-state index is 0.0000522. The predicted octanol–water partition coefficient (Wildman–Crippen LogP) is 1.76. The summed E-state index contributed by atoms with van der Waals surface area (Å²) in [6, 6.07) is 15.1. The first-order valence-corrected chi connectivity index (χ1v) is 13.7. The summed E-state index contributed by atoms with van der Waals surface area (Å²) in [5, 5.41) is 10.2. The summed E-state index contributed by atoms with van der Waals surface area (Å²) in [7, 11) is -3.81. The number of aryl methyl sites for hydroxylation is 1. The van der Waals surface area contributed by atoms with E-state index in [1.54, 1.807) is 24.3 Å². The van der Waals surface area contributed by atoms with Crippen molar-refractivity contribution in [1.29, 1.82) is 0 Å². The van der Waals surface area contributed by atoms with Gasteiger partial charge in [-0.05, 0) is 56.6 Å². The van der Waals surface area contributed by atoms with Crippen molar-refractivity contribution in [2.45, 2.75) is 36.7 Å². The molecule has 4 N–H and O–H groups in total. The van der Waals surface area contributed by atoms with Crippen LogP contribution in [0.4, 0.5) is 0 Å². The Morgan fingerprint density at radius 1 is 1.03 bits per heavy atom. The molecule has 36 heavy (non-hydrogen) atoms. The fourth-order valence-electron chi connectivity index (χ4n) is 5.02. The lowest BCUT2D eigenvalue weighted by molar-refractivity contribution is -0.125. The van der Waals surface area contributed by atoms with Crippen LogP contribution < -0.4 is 16.0 Å². The van der Waals surface area contributed by atoms with Crippen molar-refractivity contribution < 1.29 is 18.0 Å². The number of hydrogen-bond donors (Lipinski definition) is 4. The molecular weight excluding hydrogens is 478 g/mol. The summed E-state index contributed by atoms with van der Waals surface area (Å²) < 4.78 is 27.9. The Bertz CT molecular complexity index is 1370. The highest BCUT2D eigenvalue weighted by molar-refractivity contribution is 7.89. The van der Waals surface area contributed by atoms with Gasteiger partial charge in [-0.1, -0.05) is 29.8 Å². The van der Waals surface area contributed by atoms with Crippen LogP contribution in [-0.2, 0) is 14.8 Å². The molecule has 2 amide bonds. The number of amides is 2. The Morgan fingerprint density at radius 2 is 1.83 bits per heavy atom. The van der Waals surface area contributed by atoms with Gasteiger partial charge < -0.3 is 20.9 Å². The molecule has 9 nitrogen and oxygen atoms in total. The topological polar surface area (TPSA) is 123 Å². The van der Waals surface area contributed by atoms with E-state index in [1.807, 2.05) is 25.1 Å². The van der Waals surface area contributed by atoms with Crippen molar-refractivity contribution in [2.75, 3.05) is 26.2 Å². The lowest BCUT2D eigenvalue weighted by Gasteiger charge is -2.26. The molecule has 0 saturated carbocycles. The maximum absolute atomic E-state index is 13.3. The van der Waals surface area contributed by atoms with Gasteiger partial charge in [0.25, 0.3) is 5.91 Å². The quantitative estimate of drug-likeness (QED) is 0.403. The second-order valence-electron chi connectivity index (χ2n) is 9.65. The van der Waals surface area contributed by atoms with Crippen LogP contribution >= 0.6 is 0 Å². The van der Waals surface area contributed by atoms with Gasteiger partial charge >= 0.3 is 0 Å². The average Bonchev–Trinajstić information content (AvgIpc) is 3.50. The standard InChI is InChI=1S/C26H31N5O4S/c1-17-9-10-22-18(12-17)13-23(29-22)26(33)30-24-16-31(36(34,35)20-7-3-2-4-8-20)15-21(24)25(32)28-19-6-5-11-27-14-19/h2-4,7-10,12-13,19,21,24,27,29H,5-6,11,14-16H2,1H3,(H,28,32)(H,30,33)/t19-,21+,24+/m1/s1. The van der Waals surface area contributed by atoms with Crippen molar-refractivity contribution in [3.63, 3.8) is 0 Å². The Hall–Kier alpha value is -3.21. The van der Waals surface area contributed by atoms with Crippen LogP contribution in [0.1, 0.15) is 28.9 Å². The van der Waals surface area contributed by atoms with Crippen molar-refractivity contribution in [2.24, 2.45) is 5.92 Å². The van der Waals surface area contributed by atoms with E-state index in [1.165, 1.54) is 16.4 Å². The molecule has 10 heteroatoms. The number of benzene rings is 2. The van der Waals surface area contributed by atoms with E-state index in [4.69, 9.17) is 0 Å². The number of sulfonamides is 1. The second-order valence-corrected chi connectivity index (χ2v) is 11.6. The normalized spacial score (nSPS) is 23.0. The van der Waals surface area contributed by atoms with Gasteiger partial charge in [-0.25, -0.2) is 8.42 Å². The Labute approximate surface area is 210 Å². The number of hydrogen-bond acceptors (Lipinski definition) is 5. The van der Waals surface area contributed by atoms with Crippen molar-refractivity contribution in [3.05, 3.63) is 65.9 Å². The van der Waals surface area contributed by atoms with Crippen LogP contribution in [0.2, 0.25) is 0 Å². The molecule has 0 aliphatic carbocycles. The summed E-state index contributed by atoms with van der Waals surface area (Å²) >= 11 is 0. The zero-order chi connectivity index (χ0) is 25.3. The van der Waals surface area contributed by atoms with Gasteiger partial charge in [0.05, 0.1) is 16.9 Å². The maximum atomic E-state index is 13.3. The molecule has 0 radical (unpaired) electrons. The van der Waals surface area contributed by atoms with Gasteiger partial charge in [-0.2, -0.15) is 4.31 Å². The maximum Gasteiger partial charge on any atom is 0.268 e. The first-order chi connectivity index (χ1) is 17.3. The van der Waals surface area contributed by atoms with Crippen LogP contribution in [-0.4, -0.2) is 67.8 Å². The summed E-state index contributed by atoms with van der Waals surface area (Å²) in [6.45, 7) is 3.60. The molecule has 2 aromatic carbocycles. The first-order valence-electron chi connectivity index (χ1n) is 12.3. The lowest BCUT2D eigenvalue weighted by atomic mass is 10.0. The van der Waals surface area contributed by atoms with Gasteiger partial charge in [0.1, 0.15) is 5.69 Å². The summed E-state index contributed by atoms with van der Waals surface area (Å²) in [5.41, 5.74) is 2.29. The number of piperidine rings is 1. The molecule has 2 saturated heterocycles. The van der Waals surface area contributed by atoms with Crippen LogP contribution in [0, 0.1) is 12.8 Å². The van der Waals surface area contributed by atoms with E-state index >= 15 is 0 Å². The van der Waals surface area contributed by atoms with Crippen LogP contribution in [0.15, 0.2) is 59.5 Å². The zero-order valence-corrected chi connectivity index (χ0v) is 21.0. The molecule has 0 bridgehead atoms. The summed E-state index contributed by atoms with van der Waals surface area (Å²) in [6.07, 6.45) is 1.83. The third-order valence-corrected chi connectivity index (χ3v) is 8.83. The third kappa shape index (κ3) is 5.02. The van der Waals surface area contributed by atoms with Crippen molar-refractivity contribution in [3.8, 4) is 0 Å². The molecule has 3 atom stereocenters. The van der Waals surface area contributed by atoms with Gasteiger partial charge in [0, 0.05) is 36.6 Å². The monoisotopic (exact) mass is 509 g/mol. The van der Waals surface area contributed by atoms with Crippen molar-refractivity contribution in [1.82, 2.24) is 25.2 Å². The molecule has 3 aromatic rings. The number of nitrogens with zero attached hydrogens (tertiary/aromatic N) is 1. The van der Waals surface area contributed by atoms with Gasteiger partial charge in [-0.3, -0.25) is 9.59 Å². The Kier molecular flexibility index (Phi) is 6.83. The number of fused-ring (bicyclic) bond motifs is 1. The van der Waals surface area contributed by atoms with E-state index < -0.39 is 22.0 Å².